The quantitative estimate of drug-likeness (QED) is 0.861. The molecule has 1 aromatic heterocycles. The SMILES string of the molecule is ClC1Cc2ccccc2C1NCc1ccc(Br)cn1. The Morgan fingerprint density at radius 3 is 2.89 bits per heavy atom. The number of rotatable bonds is 3. The largest absolute Gasteiger partial charge is 0.303 e. The lowest BCUT2D eigenvalue weighted by Gasteiger charge is -2.17. The molecular weight excluding hydrogens is 324 g/mol. The monoisotopic (exact) mass is 336 g/mol. The first-order valence-corrected chi connectivity index (χ1v) is 7.52. The molecule has 1 aromatic carbocycles. The lowest BCUT2D eigenvalue weighted by atomic mass is 10.1. The first-order valence-electron chi connectivity index (χ1n) is 6.30. The Morgan fingerprint density at radius 2 is 2.11 bits per heavy atom. The van der Waals surface area contributed by atoms with Gasteiger partial charge >= 0.3 is 0 Å². The summed E-state index contributed by atoms with van der Waals surface area (Å²) in [7, 11) is 0. The van der Waals surface area contributed by atoms with E-state index in [1.54, 1.807) is 0 Å². The summed E-state index contributed by atoms with van der Waals surface area (Å²) in [5.41, 5.74) is 3.69. The van der Waals surface area contributed by atoms with Gasteiger partial charge in [0.05, 0.1) is 11.1 Å². The van der Waals surface area contributed by atoms with Crippen LogP contribution in [-0.2, 0) is 13.0 Å². The summed E-state index contributed by atoms with van der Waals surface area (Å²) in [5, 5.41) is 3.63. The number of halogens is 2. The zero-order valence-corrected chi connectivity index (χ0v) is 12.7. The Kier molecular flexibility index (Phi) is 3.87. The summed E-state index contributed by atoms with van der Waals surface area (Å²) in [6.45, 7) is 0.732. The van der Waals surface area contributed by atoms with Crippen LogP contribution in [0.15, 0.2) is 47.1 Å². The minimum atomic E-state index is 0.118. The second-order valence-corrected chi connectivity index (χ2v) is 6.22. The van der Waals surface area contributed by atoms with Gasteiger partial charge in [-0.25, -0.2) is 0 Å². The topological polar surface area (TPSA) is 24.9 Å². The minimum absolute atomic E-state index is 0.118. The molecule has 1 aliphatic carbocycles. The molecule has 0 spiro atoms. The van der Waals surface area contributed by atoms with Gasteiger partial charge in [0.15, 0.2) is 0 Å². The van der Waals surface area contributed by atoms with Crippen LogP contribution in [0.4, 0.5) is 0 Å². The Morgan fingerprint density at radius 1 is 1.26 bits per heavy atom. The van der Waals surface area contributed by atoms with Crippen molar-refractivity contribution in [2.45, 2.75) is 24.4 Å². The third kappa shape index (κ3) is 2.83. The average Bonchev–Trinajstić information content (AvgIpc) is 2.74. The fraction of sp³-hybridized carbons (Fsp3) is 0.267. The second-order valence-electron chi connectivity index (χ2n) is 4.75. The molecule has 0 radical (unpaired) electrons. The molecule has 2 unspecified atom stereocenters. The first kappa shape index (κ1) is 13.1. The summed E-state index contributed by atoms with van der Waals surface area (Å²) in [6, 6.07) is 12.7. The lowest BCUT2D eigenvalue weighted by molar-refractivity contribution is 0.531. The molecule has 0 aliphatic heterocycles. The van der Waals surface area contributed by atoms with Crippen LogP contribution in [0, 0.1) is 0 Å². The van der Waals surface area contributed by atoms with Crippen molar-refractivity contribution in [1.82, 2.24) is 10.3 Å². The van der Waals surface area contributed by atoms with E-state index in [0.717, 1.165) is 23.1 Å². The van der Waals surface area contributed by atoms with Gasteiger partial charge in [-0.05, 0) is 45.6 Å². The smallest absolute Gasteiger partial charge is 0.0571 e. The number of hydrogen-bond acceptors (Lipinski definition) is 2. The highest BCUT2D eigenvalue weighted by Gasteiger charge is 2.30. The van der Waals surface area contributed by atoms with E-state index in [1.807, 2.05) is 18.3 Å². The van der Waals surface area contributed by atoms with E-state index in [9.17, 15) is 0 Å². The van der Waals surface area contributed by atoms with Crippen molar-refractivity contribution in [2.75, 3.05) is 0 Å². The molecule has 1 aliphatic rings. The summed E-state index contributed by atoms with van der Waals surface area (Å²) in [5.74, 6) is 0. The third-order valence-electron chi connectivity index (χ3n) is 3.46. The standard InChI is InChI=1S/C15H14BrClN2/c16-11-5-6-12(18-8-11)9-19-15-13-4-2-1-3-10(13)7-14(15)17/h1-6,8,14-15,19H,7,9H2. The molecule has 2 atom stereocenters. The maximum absolute atomic E-state index is 6.44. The Hall–Kier alpha value is -0.900. The van der Waals surface area contributed by atoms with Gasteiger partial charge in [0.25, 0.3) is 0 Å². The number of pyridine rings is 1. The third-order valence-corrected chi connectivity index (χ3v) is 4.33. The van der Waals surface area contributed by atoms with Crippen LogP contribution in [-0.4, -0.2) is 10.4 Å². The van der Waals surface area contributed by atoms with Crippen molar-refractivity contribution in [3.8, 4) is 0 Å². The minimum Gasteiger partial charge on any atom is -0.303 e. The zero-order valence-electron chi connectivity index (χ0n) is 10.3. The molecule has 98 valence electrons. The van der Waals surface area contributed by atoms with Gasteiger partial charge in [-0.15, -0.1) is 11.6 Å². The molecule has 0 bridgehead atoms. The molecule has 0 saturated carbocycles. The van der Waals surface area contributed by atoms with Crippen molar-refractivity contribution in [1.29, 1.82) is 0 Å². The van der Waals surface area contributed by atoms with Crippen LogP contribution >= 0.6 is 27.5 Å². The molecule has 2 aromatic rings. The van der Waals surface area contributed by atoms with E-state index in [2.05, 4.69) is 50.5 Å². The fourth-order valence-corrected chi connectivity index (χ4v) is 3.14. The van der Waals surface area contributed by atoms with Crippen LogP contribution in [0.3, 0.4) is 0 Å². The molecule has 4 heteroatoms. The van der Waals surface area contributed by atoms with Crippen molar-refractivity contribution in [3.05, 3.63) is 63.9 Å². The van der Waals surface area contributed by atoms with E-state index >= 15 is 0 Å². The maximum atomic E-state index is 6.44. The predicted molar refractivity (Wildman–Crippen MR) is 81.3 cm³/mol. The fourth-order valence-electron chi connectivity index (χ4n) is 2.51. The van der Waals surface area contributed by atoms with Gasteiger partial charge in [-0.3, -0.25) is 4.98 Å². The summed E-state index contributed by atoms with van der Waals surface area (Å²) >= 11 is 9.83. The molecule has 1 heterocycles. The van der Waals surface area contributed by atoms with Gasteiger partial charge in [0.1, 0.15) is 0 Å². The normalized spacial score (nSPS) is 21.4. The molecule has 19 heavy (non-hydrogen) atoms. The van der Waals surface area contributed by atoms with E-state index in [1.165, 1.54) is 11.1 Å². The molecular formula is C15H14BrClN2. The van der Waals surface area contributed by atoms with Crippen LogP contribution in [0.2, 0.25) is 0 Å². The van der Waals surface area contributed by atoms with Crippen LogP contribution in [0.1, 0.15) is 22.9 Å². The maximum Gasteiger partial charge on any atom is 0.0571 e. The Labute approximate surface area is 126 Å². The Bertz CT molecular complexity index is 571. The Balaban J connectivity index is 1.72. The van der Waals surface area contributed by atoms with Crippen LogP contribution in [0.5, 0.6) is 0 Å². The zero-order chi connectivity index (χ0) is 13.2. The van der Waals surface area contributed by atoms with Gasteiger partial charge in [-0.1, -0.05) is 24.3 Å². The van der Waals surface area contributed by atoms with E-state index in [4.69, 9.17) is 11.6 Å². The lowest BCUT2D eigenvalue weighted by Crippen LogP contribution is -2.25. The van der Waals surface area contributed by atoms with Gasteiger partial charge < -0.3 is 5.32 Å². The number of aromatic nitrogens is 1. The number of fused-ring (bicyclic) bond motifs is 1. The number of hydrogen-bond donors (Lipinski definition) is 1. The summed E-state index contributed by atoms with van der Waals surface area (Å²) < 4.78 is 0.998. The number of alkyl halides is 1. The second kappa shape index (κ2) is 5.61. The number of nitrogens with zero attached hydrogens (tertiary/aromatic N) is 1. The summed E-state index contributed by atoms with van der Waals surface area (Å²) in [4.78, 5) is 4.37. The predicted octanol–water partition coefficient (Wildman–Crippen LogP) is 3.84. The number of benzene rings is 1. The van der Waals surface area contributed by atoms with Crippen molar-refractivity contribution >= 4 is 27.5 Å². The van der Waals surface area contributed by atoms with E-state index < -0.39 is 0 Å². The van der Waals surface area contributed by atoms with Crippen LogP contribution in [0.25, 0.3) is 0 Å². The highest BCUT2D eigenvalue weighted by molar-refractivity contribution is 9.10. The summed E-state index contributed by atoms with van der Waals surface area (Å²) in [6.07, 6.45) is 2.75. The van der Waals surface area contributed by atoms with Crippen LogP contribution < -0.4 is 5.32 Å². The molecule has 1 N–H and O–H groups in total. The molecule has 0 saturated heterocycles. The van der Waals surface area contributed by atoms with Gasteiger partial charge in [0.2, 0.25) is 0 Å². The van der Waals surface area contributed by atoms with E-state index in [0.29, 0.717) is 0 Å². The van der Waals surface area contributed by atoms with E-state index in [-0.39, 0.29) is 11.4 Å². The number of nitrogens with one attached hydrogen (secondary N) is 1. The molecule has 0 amide bonds. The molecule has 2 nitrogen and oxygen atoms in total. The average molecular weight is 338 g/mol. The van der Waals surface area contributed by atoms with Crippen molar-refractivity contribution < 1.29 is 0 Å². The van der Waals surface area contributed by atoms with Crippen molar-refractivity contribution in [3.63, 3.8) is 0 Å². The first-order chi connectivity index (χ1) is 9.24. The molecule has 0 fully saturated rings. The highest BCUT2D eigenvalue weighted by atomic mass is 79.9. The van der Waals surface area contributed by atoms with Gasteiger partial charge in [-0.2, -0.15) is 0 Å². The van der Waals surface area contributed by atoms with Crippen molar-refractivity contribution in [2.24, 2.45) is 0 Å². The highest BCUT2D eigenvalue weighted by Crippen LogP contribution is 2.34. The van der Waals surface area contributed by atoms with Gasteiger partial charge in [0, 0.05) is 23.3 Å². The molecule has 3 rings (SSSR count).